The Hall–Kier alpha value is -0.660. The van der Waals surface area contributed by atoms with Gasteiger partial charge >= 0.3 is 5.97 Å². The Labute approximate surface area is 90.2 Å². The zero-order valence-electron chi connectivity index (χ0n) is 9.31. The van der Waals surface area contributed by atoms with E-state index in [2.05, 4.69) is 9.44 Å². The second kappa shape index (κ2) is 5.43. The van der Waals surface area contributed by atoms with Gasteiger partial charge in [-0.25, -0.2) is 0 Å². The van der Waals surface area contributed by atoms with Crippen LogP contribution in [0.2, 0.25) is 0 Å². The lowest BCUT2D eigenvalue weighted by Gasteiger charge is -2.19. The van der Waals surface area contributed by atoms with Crippen LogP contribution in [0.15, 0.2) is 0 Å². The van der Waals surface area contributed by atoms with Crippen LogP contribution in [-0.2, 0) is 15.0 Å². The largest absolute Gasteiger partial charge is 0.480 e. The smallest absolute Gasteiger partial charge is 0.322 e. The van der Waals surface area contributed by atoms with Crippen LogP contribution in [0.1, 0.15) is 27.7 Å². The number of carboxylic acids is 1. The Morgan fingerprint density at radius 1 is 1.13 bits per heavy atom. The van der Waals surface area contributed by atoms with Crippen LogP contribution in [0.5, 0.6) is 0 Å². The average molecular weight is 238 g/mol. The molecule has 90 valence electrons. The van der Waals surface area contributed by atoms with Gasteiger partial charge in [0.05, 0.1) is 0 Å². The van der Waals surface area contributed by atoms with Gasteiger partial charge in [0.2, 0.25) is 0 Å². The summed E-state index contributed by atoms with van der Waals surface area (Å²) in [5.41, 5.74) is 0. The normalized spacial score (nSPS) is 14.5. The number of carboxylic acid groups (broad SMARTS) is 1. The van der Waals surface area contributed by atoms with Gasteiger partial charge in [0.25, 0.3) is 10.2 Å². The number of hydrogen-bond donors (Lipinski definition) is 3. The van der Waals surface area contributed by atoms with Crippen molar-refractivity contribution < 1.29 is 18.3 Å². The van der Waals surface area contributed by atoms with Crippen molar-refractivity contribution in [2.45, 2.75) is 39.8 Å². The van der Waals surface area contributed by atoms with Gasteiger partial charge in [-0.1, -0.05) is 13.8 Å². The Morgan fingerprint density at radius 3 is 1.87 bits per heavy atom. The van der Waals surface area contributed by atoms with E-state index in [1.54, 1.807) is 27.7 Å². The van der Waals surface area contributed by atoms with Crippen molar-refractivity contribution in [3.63, 3.8) is 0 Å². The minimum atomic E-state index is -3.75. The standard InChI is InChI=1S/C8H18N2O4S/c1-5(2)7(8(11)12)10-15(13,14)9-6(3)4/h5-7,9-10H,1-4H3,(H,11,12). The maximum atomic E-state index is 11.4. The van der Waals surface area contributed by atoms with E-state index in [4.69, 9.17) is 5.11 Å². The number of aliphatic carboxylic acids is 1. The highest BCUT2D eigenvalue weighted by molar-refractivity contribution is 7.87. The van der Waals surface area contributed by atoms with Crippen molar-refractivity contribution in [3.8, 4) is 0 Å². The van der Waals surface area contributed by atoms with Crippen LogP contribution in [-0.4, -0.2) is 31.6 Å². The molecule has 0 aromatic heterocycles. The van der Waals surface area contributed by atoms with Crippen LogP contribution in [0.25, 0.3) is 0 Å². The number of hydrogen-bond acceptors (Lipinski definition) is 3. The molecule has 3 N–H and O–H groups in total. The molecule has 0 aliphatic carbocycles. The monoisotopic (exact) mass is 238 g/mol. The molecule has 0 aromatic rings. The lowest BCUT2D eigenvalue weighted by atomic mass is 10.1. The molecule has 0 saturated heterocycles. The Balaban J connectivity index is 4.61. The van der Waals surface area contributed by atoms with Crippen molar-refractivity contribution in [1.29, 1.82) is 0 Å². The van der Waals surface area contributed by atoms with Gasteiger partial charge in [-0.3, -0.25) is 4.79 Å². The van der Waals surface area contributed by atoms with E-state index in [0.717, 1.165) is 0 Å². The molecule has 0 aliphatic rings. The van der Waals surface area contributed by atoms with Gasteiger partial charge in [-0.05, 0) is 19.8 Å². The summed E-state index contributed by atoms with van der Waals surface area (Å²) in [5.74, 6) is -1.50. The van der Waals surface area contributed by atoms with Gasteiger partial charge in [-0.2, -0.15) is 17.9 Å². The minimum Gasteiger partial charge on any atom is -0.480 e. The van der Waals surface area contributed by atoms with Crippen molar-refractivity contribution in [2.24, 2.45) is 5.92 Å². The van der Waals surface area contributed by atoms with Gasteiger partial charge in [0, 0.05) is 6.04 Å². The molecule has 1 atom stereocenters. The lowest BCUT2D eigenvalue weighted by molar-refractivity contribution is -0.140. The van der Waals surface area contributed by atoms with Crippen LogP contribution in [0.4, 0.5) is 0 Å². The molecule has 1 unspecified atom stereocenters. The zero-order chi connectivity index (χ0) is 12.2. The maximum absolute atomic E-state index is 11.4. The van der Waals surface area contributed by atoms with Crippen LogP contribution in [0.3, 0.4) is 0 Å². The van der Waals surface area contributed by atoms with Crippen molar-refractivity contribution in [1.82, 2.24) is 9.44 Å². The fourth-order valence-corrected chi connectivity index (χ4v) is 2.38. The van der Waals surface area contributed by atoms with E-state index in [1.807, 2.05) is 0 Å². The van der Waals surface area contributed by atoms with E-state index in [-0.39, 0.29) is 12.0 Å². The first-order valence-corrected chi connectivity index (χ1v) is 6.16. The third-order valence-electron chi connectivity index (χ3n) is 1.61. The number of rotatable bonds is 6. The van der Waals surface area contributed by atoms with E-state index in [0.29, 0.717) is 0 Å². The number of carbonyl (C=O) groups is 1. The van der Waals surface area contributed by atoms with Gasteiger partial charge in [0.1, 0.15) is 6.04 Å². The second-order valence-electron chi connectivity index (χ2n) is 3.95. The third kappa shape index (κ3) is 5.71. The van der Waals surface area contributed by atoms with Gasteiger partial charge in [-0.15, -0.1) is 0 Å². The summed E-state index contributed by atoms with van der Waals surface area (Å²) in [6, 6.07) is -1.38. The molecule has 15 heavy (non-hydrogen) atoms. The molecule has 7 heteroatoms. The summed E-state index contributed by atoms with van der Waals surface area (Å²) in [6.07, 6.45) is 0. The first-order valence-electron chi connectivity index (χ1n) is 4.68. The van der Waals surface area contributed by atoms with Crippen molar-refractivity contribution in [2.75, 3.05) is 0 Å². The molecular formula is C8H18N2O4S. The highest BCUT2D eigenvalue weighted by Gasteiger charge is 2.26. The predicted octanol–water partition coefficient (Wildman–Crippen LogP) is -0.0720. The second-order valence-corrected chi connectivity index (χ2v) is 5.43. The molecule has 0 heterocycles. The van der Waals surface area contributed by atoms with Crippen molar-refractivity contribution in [3.05, 3.63) is 0 Å². The maximum Gasteiger partial charge on any atom is 0.322 e. The number of nitrogens with one attached hydrogen (secondary N) is 2. The molecule has 0 aromatic carbocycles. The molecule has 0 rings (SSSR count). The summed E-state index contributed by atoms with van der Waals surface area (Å²) in [4.78, 5) is 10.7. The molecule has 0 bridgehead atoms. The summed E-state index contributed by atoms with van der Waals surface area (Å²) < 4.78 is 27.1. The van der Waals surface area contributed by atoms with Crippen LogP contribution >= 0.6 is 0 Å². The topological polar surface area (TPSA) is 95.5 Å². The first kappa shape index (κ1) is 14.3. The Kier molecular flexibility index (Phi) is 5.19. The molecule has 0 aliphatic heterocycles. The fourth-order valence-electron chi connectivity index (χ4n) is 0.983. The van der Waals surface area contributed by atoms with E-state index in [1.165, 1.54) is 0 Å². The average Bonchev–Trinajstić information content (AvgIpc) is 1.96. The van der Waals surface area contributed by atoms with E-state index >= 15 is 0 Å². The SMILES string of the molecule is CC(C)NS(=O)(=O)NC(C(=O)O)C(C)C. The van der Waals surface area contributed by atoms with Crippen LogP contribution < -0.4 is 9.44 Å². The Bertz CT molecular complexity index is 311. The lowest BCUT2D eigenvalue weighted by Crippen LogP contribution is -2.50. The summed E-state index contributed by atoms with van der Waals surface area (Å²) >= 11 is 0. The summed E-state index contributed by atoms with van der Waals surface area (Å²) in [7, 11) is -3.75. The highest BCUT2D eigenvalue weighted by atomic mass is 32.2. The van der Waals surface area contributed by atoms with Gasteiger partial charge < -0.3 is 5.11 Å². The summed E-state index contributed by atoms with van der Waals surface area (Å²) in [5, 5.41) is 8.79. The minimum absolute atomic E-state index is 0.274. The quantitative estimate of drug-likeness (QED) is 0.603. The molecule has 0 saturated carbocycles. The molecule has 0 radical (unpaired) electrons. The molecule has 0 fully saturated rings. The first-order chi connectivity index (χ1) is 6.65. The van der Waals surface area contributed by atoms with Gasteiger partial charge in [0.15, 0.2) is 0 Å². The third-order valence-corrected chi connectivity index (χ3v) is 2.95. The molecule has 6 nitrogen and oxygen atoms in total. The molecular weight excluding hydrogens is 220 g/mol. The highest BCUT2D eigenvalue weighted by Crippen LogP contribution is 2.03. The van der Waals surface area contributed by atoms with Crippen LogP contribution in [0, 0.1) is 5.92 Å². The predicted molar refractivity (Wildman–Crippen MR) is 56.6 cm³/mol. The molecule has 0 spiro atoms. The van der Waals surface area contributed by atoms with E-state index < -0.39 is 22.2 Å². The zero-order valence-corrected chi connectivity index (χ0v) is 10.1. The van der Waals surface area contributed by atoms with Crippen molar-refractivity contribution >= 4 is 16.2 Å². The summed E-state index contributed by atoms with van der Waals surface area (Å²) in [6.45, 7) is 6.59. The van der Waals surface area contributed by atoms with E-state index in [9.17, 15) is 13.2 Å². The molecule has 0 amide bonds. The fraction of sp³-hybridized carbons (Fsp3) is 0.875. The Morgan fingerprint density at radius 2 is 1.60 bits per heavy atom.